The van der Waals surface area contributed by atoms with Crippen LogP contribution in [-0.2, 0) is 4.74 Å². The maximum Gasteiger partial charge on any atom is 0.343 e. The standard InChI is InChI=1S/C16H19N3O2/c1-3-21-16(20)13-10-18-19-14(8-9-17-15(13)19)12-7-5-4-6-11(12)2/h4-7,10,14,17H,3,8-9H2,1-2H3. The Morgan fingerprint density at radius 1 is 1.48 bits per heavy atom. The Morgan fingerprint density at radius 3 is 3.05 bits per heavy atom. The van der Waals surface area contributed by atoms with E-state index in [4.69, 9.17) is 4.74 Å². The van der Waals surface area contributed by atoms with Crippen LogP contribution in [0.25, 0.3) is 0 Å². The number of rotatable bonds is 3. The first-order chi connectivity index (χ1) is 10.2. The summed E-state index contributed by atoms with van der Waals surface area (Å²) in [6, 6.07) is 8.46. The molecule has 0 saturated heterocycles. The number of fused-ring (bicyclic) bond motifs is 1. The van der Waals surface area contributed by atoms with E-state index < -0.39 is 0 Å². The number of aryl methyl sites for hydroxylation is 1. The molecule has 0 saturated carbocycles. The van der Waals surface area contributed by atoms with Gasteiger partial charge in [-0.05, 0) is 31.4 Å². The fourth-order valence-electron chi connectivity index (χ4n) is 2.83. The van der Waals surface area contributed by atoms with Gasteiger partial charge in [-0.15, -0.1) is 0 Å². The molecule has 5 heteroatoms. The second kappa shape index (κ2) is 5.60. The van der Waals surface area contributed by atoms with Crippen LogP contribution in [0.5, 0.6) is 0 Å². The fraction of sp³-hybridized carbons (Fsp3) is 0.375. The zero-order valence-electron chi connectivity index (χ0n) is 12.3. The number of benzene rings is 1. The third-order valence-corrected chi connectivity index (χ3v) is 3.84. The van der Waals surface area contributed by atoms with Crippen LogP contribution in [0.15, 0.2) is 30.5 Å². The molecule has 1 atom stereocenters. The summed E-state index contributed by atoms with van der Waals surface area (Å²) in [5.74, 6) is 0.435. The van der Waals surface area contributed by atoms with Gasteiger partial charge in [-0.2, -0.15) is 5.10 Å². The molecule has 5 nitrogen and oxygen atoms in total. The van der Waals surface area contributed by atoms with Crippen molar-refractivity contribution in [3.8, 4) is 0 Å². The van der Waals surface area contributed by atoms with Crippen molar-refractivity contribution in [2.24, 2.45) is 0 Å². The van der Waals surface area contributed by atoms with Gasteiger partial charge in [-0.3, -0.25) is 0 Å². The third-order valence-electron chi connectivity index (χ3n) is 3.84. The molecule has 110 valence electrons. The molecular weight excluding hydrogens is 266 g/mol. The summed E-state index contributed by atoms with van der Waals surface area (Å²) in [5.41, 5.74) is 3.00. The van der Waals surface area contributed by atoms with Crippen LogP contribution >= 0.6 is 0 Å². The van der Waals surface area contributed by atoms with Crippen molar-refractivity contribution in [1.29, 1.82) is 0 Å². The molecule has 1 aromatic carbocycles. The van der Waals surface area contributed by atoms with Gasteiger partial charge in [0, 0.05) is 6.54 Å². The molecule has 0 aliphatic carbocycles. The number of anilines is 1. The topological polar surface area (TPSA) is 56.1 Å². The summed E-state index contributed by atoms with van der Waals surface area (Å²) in [5, 5.41) is 7.68. The molecule has 1 aliphatic rings. The minimum atomic E-state index is -0.323. The Morgan fingerprint density at radius 2 is 2.29 bits per heavy atom. The molecular formula is C16H19N3O2. The zero-order valence-corrected chi connectivity index (χ0v) is 12.3. The molecule has 0 spiro atoms. The number of nitrogens with one attached hydrogen (secondary N) is 1. The normalized spacial score (nSPS) is 17.0. The number of hydrogen-bond donors (Lipinski definition) is 1. The molecule has 21 heavy (non-hydrogen) atoms. The van der Waals surface area contributed by atoms with Crippen LogP contribution in [0.4, 0.5) is 5.82 Å². The Hall–Kier alpha value is -2.30. The Balaban J connectivity index is 2.00. The van der Waals surface area contributed by atoms with Crippen molar-refractivity contribution in [3.63, 3.8) is 0 Å². The van der Waals surface area contributed by atoms with Crippen molar-refractivity contribution in [1.82, 2.24) is 9.78 Å². The highest BCUT2D eigenvalue weighted by Gasteiger charge is 2.28. The highest BCUT2D eigenvalue weighted by Crippen LogP contribution is 2.32. The number of hydrogen-bond acceptors (Lipinski definition) is 4. The third kappa shape index (κ3) is 2.39. The predicted molar refractivity (Wildman–Crippen MR) is 80.6 cm³/mol. The van der Waals surface area contributed by atoms with Gasteiger partial charge >= 0.3 is 5.97 Å². The van der Waals surface area contributed by atoms with Crippen molar-refractivity contribution in [3.05, 3.63) is 47.2 Å². The number of nitrogens with zero attached hydrogens (tertiary/aromatic N) is 2. The quantitative estimate of drug-likeness (QED) is 0.881. The lowest BCUT2D eigenvalue weighted by Crippen LogP contribution is -2.26. The average molecular weight is 285 g/mol. The van der Waals surface area contributed by atoms with Crippen molar-refractivity contribution in [2.45, 2.75) is 26.3 Å². The smallest absolute Gasteiger partial charge is 0.343 e. The maximum atomic E-state index is 12.0. The Labute approximate surface area is 123 Å². The van der Waals surface area contributed by atoms with E-state index in [0.29, 0.717) is 12.2 Å². The lowest BCUT2D eigenvalue weighted by molar-refractivity contribution is 0.0527. The second-order valence-electron chi connectivity index (χ2n) is 5.16. The van der Waals surface area contributed by atoms with Crippen LogP contribution < -0.4 is 5.32 Å². The largest absolute Gasteiger partial charge is 0.462 e. The van der Waals surface area contributed by atoms with Crippen LogP contribution in [0, 0.1) is 6.92 Å². The summed E-state index contributed by atoms with van der Waals surface area (Å²) < 4.78 is 6.99. The van der Waals surface area contributed by atoms with Crippen LogP contribution in [0.1, 0.15) is 40.9 Å². The molecule has 0 radical (unpaired) electrons. The molecule has 0 fully saturated rings. The van der Waals surface area contributed by atoms with Gasteiger partial charge in [0.25, 0.3) is 0 Å². The van der Waals surface area contributed by atoms with Crippen molar-refractivity contribution < 1.29 is 9.53 Å². The van der Waals surface area contributed by atoms with Gasteiger partial charge in [0.05, 0.1) is 18.8 Å². The van der Waals surface area contributed by atoms with Crippen LogP contribution in [0.3, 0.4) is 0 Å². The minimum absolute atomic E-state index is 0.158. The van der Waals surface area contributed by atoms with Gasteiger partial charge in [0.1, 0.15) is 11.4 Å². The minimum Gasteiger partial charge on any atom is -0.462 e. The highest BCUT2D eigenvalue weighted by atomic mass is 16.5. The van der Waals surface area contributed by atoms with Gasteiger partial charge < -0.3 is 10.1 Å². The summed E-state index contributed by atoms with van der Waals surface area (Å²) in [6.45, 7) is 5.09. The highest BCUT2D eigenvalue weighted by molar-refractivity contribution is 5.94. The molecule has 1 aliphatic heterocycles. The molecule has 2 heterocycles. The van der Waals surface area contributed by atoms with Gasteiger partial charge in [-0.1, -0.05) is 24.3 Å². The Bertz CT molecular complexity index is 663. The van der Waals surface area contributed by atoms with Gasteiger partial charge in [-0.25, -0.2) is 9.48 Å². The van der Waals surface area contributed by atoms with Crippen molar-refractivity contribution >= 4 is 11.8 Å². The Kier molecular flexibility index (Phi) is 3.64. The summed E-state index contributed by atoms with van der Waals surface area (Å²) in [7, 11) is 0. The number of aromatic nitrogens is 2. The molecule has 1 aromatic heterocycles. The van der Waals surface area contributed by atoms with E-state index in [1.54, 1.807) is 13.1 Å². The molecule has 0 bridgehead atoms. The fourth-order valence-corrected chi connectivity index (χ4v) is 2.83. The SMILES string of the molecule is CCOC(=O)c1cnn2c1NCCC2c1ccccc1C. The van der Waals surface area contributed by atoms with E-state index in [0.717, 1.165) is 18.8 Å². The zero-order chi connectivity index (χ0) is 14.8. The molecule has 3 rings (SSSR count). The molecule has 1 unspecified atom stereocenters. The first-order valence-electron chi connectivity index (χ1n) is 7.26. The number of esters is 1. The number of carbonyl (C=O) groups excluding carboxylic acids is 1. The predicted octanol–water partition coefficient (Wildman–Crippen LogP) is 2.77. The lowest BCUT2D eigenvalue weighted by Gasteiger charge is -2.27. The number of carbonyl (C=O) groups is 1. The van der Waals surface area contributed by atoms with Gasteiger partial charge in [0.15, 0.2) is 0 Å². The van der Waals surface area contributed by atoms with E-state index in [-0.39, 0.29) is 12.0 Å². The van der Waals surface area contributed by atoms with E-state index >= 15 is 0 Å². The average Bonchev–Trinajstić information content (AvgIpc) is 2.92. The summed E-state index contributed by atoms with van der Waals surface area (Å²) >= 11 is 0. The monoisotopic (exact) mass is 285 g/mol. The number of ether oxygens (including phenoxy) is 1. The van der Waals surface area contributed by atoms with Crippen LogP contribution in [-0.4, -0.2) is 28.9 Å². The van der Waals surface area contributed by atoms with Gasteiger partial charge in [0.2, 0.25) is 0 Å². The second-order valence-corrected chi connectivity index (χ2v) is 5.16. The first-order valence-corrected chi connectivity index (χ1v) is 7.26. The van der Waals surface area contributed by atoms with E-state index in [1.165, 1.54) is 11.1 Å². The molecule has 2 aromatic rings. The maximum absolute atomic E-state index is 12.0. The van der Waals surface area contributed by atoms with Crippen molar-refractivity contribution in [2.75, 3.05) is 18.5 Å². The molecule has 1 N–H and O–H groups in total. The van der Waals surface area contributed by atoms with E-state index in [9.17, 15) is 4.79 Å². The van der Waals surface area contributed by atoms with E-state index in [1.807, 2.05) is 16.8 Å². The lowest BCUT2D eigenvalue weighted by atomic mass is 9.98. The molecule has 0 amide bonds. The van der Waals surface area contributed by atoms with E-state index in [2.05, 4.69) is 29.5 Å². The summed E-state index contributed by atoms with van der Waals surface area (Å²) in [4.78, 5) is 12.0. The summed E-state index contributed by atoms with van der Waals surface area (Å²) in [6.07, 6.45) is 2.54. The first kappa shape index (κ1) is 13.7. The van der Waals surface area contributed by atoms with Crippen LogP contribution in [0.2, 0.25) is 0 Å².